The maximum absolute atomic E-state index is 12.7. The van der Waals surface area contributed by atoms with Crippen molar-refractivity contribution in [1.82, 2.24) is 15.1 Å². The van der Waals surface area contributed by atoms with Gasteiger partial charge < -0.3 is 5.32 Å². The molecule has 1 heterocycles. The van der Waals surface area contributed by atoms with E-state index in [0.29, 0.717) is 20.8 Å². The Balaban J connectivity index is 1.96. The summed E-state index contributed by atoms with van der Waals surface area (Å²) in [6.45, 7) is 1.83. The minimum Gasteiger partial charge on any atom is -0.344 e. The van der Waals surface area contributed by atoms with E-state index in [-0.39, 0.29) is 23.2 Å². The lowest BCUT2D eigenvalue weighted by Gasteiger charge is -2.16. The Hall–Kier alpha value is -2.37. The molecule has 1 atom stereocenters. The third kappa shape index (κ3) is 3.38. The van der Waals surface area contributed by atoms with Gasteiger partial charge in [-0.2, -0.15) is 5.10 Å². The van der Waals surface area contributed by atoms with Crippen molar-refractivity contribution in [3.8, 4) is 0 Å². The normalized spacial score (nSPS) is 12.2. The van der Waals surface area contributed by atoms with Gasteiger partial charge in [-0.15, -0.1) is 0 Å². The number of halogens is 2. The largest absolute Gasteiger partial charge is 0.344 e. The summed E-state index contributed by atoms with van der Waals surface area (Å²) in [6, 6.07) is 11.8. The van der Waals surface area contributed by atoms with Crippen LogP contribution >= 0.6 is 23.2 Å². The lowest BCUT2D eigenvalue weighted by molar-refractivity contribution is 0.0934. The van der Waals surface area contributed by atoms with Gasteiger partial charge in [-0.05, 0) is 30.7 Å². The summed E-state index contributed by atoms with van der Waals surface area (Å²) in [4.78, 5) is 24.9. The number of benzene rings is 2. The van der Waals surface area contributed by atoms with Gasteiger partial charge in [0.05, 0.1) is 21.5 Å². The molecule has 0 saturated carbocycles. The van der Waals surface area contributed by atoms with E-state index in [1.54, 1.807) is 42.5 Å². The molecule has 0 radical (unpaired) electrons. The Morgan fingerprint density at radius 3 is 2.48 bits per heavy atom. The Bertz CT molecular complexity index is 1030. The standard InChI is InChI=1S/C18H15Cl2N3O2/c1-10(11-7-8-14(19)15(20)9-11)21-17(24)16-12-5-3-4-6-13(12)18(25)23(2)22-16/h3-10H,1-2H3,(H,21,24). The van der Waals surface area contributed by atoms with Crippen LogP contribution in [0.15, 0.2) is 47.3 Å². The Morgan fingerprint density at radius 1 is 1.12 bits per heavy atom. The van der Waals surface area contributed by atoms with E-state index in [1.165, 1.54) is 11.7 Å². The second kappa shape index (κ2) is 6.86. The van der Waals surface area contributed by atoms with Gasteiger partial charge in [-0.1, -0.05) is 47.5 Å². The average Bonchev–Trinajstić information content (AvgIpc) is 2.60. The number of aryl methyl sites for hydroxylation is 1. The van der Waals surface area contributed by atoms with Crippen LogP contribution in [0.3, 0.4) is 0 Å². The predicted octanol–water partition coefficient (Wildman–Crippen LogP) is 3.73. The Labute approximate surface area is 154 Å². The number of carbonyl (C=O) groups is 1. The minimum atomic E-state index is -0.370. The van der Waals surface area contributed by atoms with Gasteiger partial charge in [-0.25, -0.2) is 4.68 Å². The van der Waals surface area contributed by atoms with E-state index < -0.39 is 0 Å². The molecule has 0 aliphatic carbocycles. The van der Waals surface area contributed by atoms with E-state index in [9.17, 15) is 9.59 Å². The predicted molar refractivity (Wildman–Crippen MR) is 99.3 cm³/mol. The first kappa shape index (κ1) is 17.5. The quantitative estimate of drug-likeness (QED) is 0.758. The van der Waals surface area contributed by atoms with Gasteiger partial charge in [-0.3, -0.25) is 9.59 Å². The highest BCUT2D eigenvalue weighted by Gasteiger charge is 2.18. The summed E-state index contributed by atoms with van der Waals surface area (Å²) in [5.74, 6) is -0.370. The van der Waals surface area contributed by atoms with Gasteiger partial charge in [0.2, 0.25) is 0 Å². The first-order chi connectivity index (χ1) is 11.9. The molecule has 1 aromatic heterocycles. The molecular formula is C18H15Cl2N3O2. The summed E-state index contributed by atoms with van der Waals surface area (Å²) < 4.78 is 1.17. The first-order valence-electron chi connectivity index (χ1n) is 7.60. The number of amides is 1. The third-order valence-corrected chi connectivity index (χ3v) is 4.70. The highest BCUT2D eigenvalue weighted by molar-refractivity contribution is 6.42. The number of fused-ring (bicyclic) bond motifs is 1. The van der Waals surface area contributed by atoms with Gasteiger partial charge in [0, 0.05) is 12.4 Å². The van der Waals surface area contributed by atoms with E-state index in [0.717, 1.165) is 5.56 Å². The molecular weight excluding hydrogens is 361 g/mol. The smallest absolute Gasteiger partial charge is 0.274 e. The van der Waals surface area contributed by atoms with Crippen LogP contribution < -0.4 is 10.9 Å². The summed E-state index contributed by atoms with van der Waals surface area (Å²) >= 11 is 12.0. The van der Waals surface area contributed by atoms with Crippen molar-refractivity contribution in [3.05, 3.63) is 74.1 Å². The Kier molecular flexibility index (Phi) is 4.79. The summed E-state index contributed by atoms with van der Waals surface area (Å²) in [7, 11) is 1.52. The van der Waals surface area contributed by atoms with Gasteiger partial charge in [0.25, 0.3) is 11.5 Å². The molecule has 0 bridgehead atoms. The van der Waals surface area contributed by atoms with Crippen LogP contribution in [0.4, 0.5) is 0 Å². The molecule has 0 saturated heterocycles. The van der Waals surface area contributed by atoms with Gasteiger partial charge in [0.15, 0.2) is 5.69 Å². The second-order valence-electron chi connectivity index (χ2n) is 5.69. The molecule has 0 aliphatic rings. The van der Waals surface area contributed by atoms with Crippen LogP contribution in [0, 0.1) is 0 Å². The summed E-state index contributed by atoms with van der Waals surface area (Å²) in [5.41, 5.74) is 0.770. The number of aromatic nitrogens is 2. The average molecular weight is 376 g/mol. The zero-order valence-electron chi connectivity index (χ0n) is 13.6. The number of hydrogen-bond acceptors (Lipinski definition) is 3. The third-order valence-electron chi connectivity index (χ3n) is 3.96. The Morgan fingerprint density at radius 2 is 1.80 bits per heavy atom. The first-order valence-corrected chi connectivity index (χ1v) is 8.36. The number of rotatable bonds is 3. The maximum atomic E-state index is 12.7. The SMILES string of the molecule is CC(NC(=O)c1nn(C)c(=O)c2ccccc12)c1ccc(Cl)c(Cl)c1. The highest BCUT2D eigenvalue weighted by atomic mass is 35.5. The molecule has 25 heavy (non-hydrogen) atoms. The monoisotopic (exact) mass is 375 g/mol. The molecule has 3 rings (SSSR count). The molecule has 1 amide bonds. The zero-order chi connectivity index (χ0) is 18.1. The van der Waals surface area contributed by atoms with Crippen molar-refractivity contribution >= 4 is 39.9 Å². The minimum absolute atomic E-state index is 0.199. The van der Waals surface area contributed by atoms with Crippen molar-refractivity contribution in [2.24, 2.45) is 7.05 Å². The lowest BCUT2D eigenvalue weighted by atomic mass is 10.1. The van der Waals surface area contributed by atoms with Crippen molar-refractivity contribution in [2.75, 3.05) is 0 Å². The fourth-order valence-electron chi connectivity index (χ4n) is 2.60. The maximum Gasteiger partial charge on any atom is 0.274 e. The topological polar surface area (TPSA) is 64.0 Å². The summed E-state index contributed by atoms with van der Waals surface area (Å²) in [5, 5.41) is 8.85. The van der Waals surface area contributed by atoms with Gasteiger partial charge in [0.1, 0.15) is 0 Å². The van der Waals surface area contributed by atoms with E-state index >= 15 is 0 Å². The fourth-order valence-corrected chi connectivity index (χ4v) is 2.90. The van der Waals surface area contributed by atoms with Crippen LogP contribution in [0.2, 0.25) is 10.0 Å². The van der Waals surface area contributed by atoms with Crippen molar-refractivity contribution in [2.45, 2.75) is 13.0 Å². The molecule has 1 unspecified atom stereocenters. The van der Waals surface area contributed by atoms with Crippen molar-refractivity contribution in [3.63, 3.8) is 0 Å². The fraction of sp³-hybridized carbons (Fsp3) is 0.167. The molecule has 1 N–H and O–H groups in total. The number of nitrogens with one attached hydrogen (secondary N) is 1. The molecule has 128 valence electrons. The molecule has 0 aliphatic heterocycles. The number of carbonyl (C=O) groups excluding carboxylic acids is 1. The van der Waals surface area contributed by atoms with Crippen LogP contribution in [-0.2, 0) is 7.05 Å². The van der Waals surface area contributed by atoms with Gasteiger partial charge >= 0.3 is 0 Å². The van der Waals surface area contributed by atoms with E-state index in [1.807, 2.05) is 6.92 Å². The molecule has 5 nitrogen and oxygen atoms in total. The zero-order valence-corrected chi connectivity index (χ0v) is 15.1. The van der Waals surface area contributed by atoms with Crippen molar-refractivity contribution < 1.29 is 4.79 Å². The van der Waals surface area contributed by atoms with Crippen LogP contribution in [0.1, 0.15) is 29.0 Å². The van der Waals surface area contributed by atoms with Crippen LogP contribution in [0.5, 0.6) is 0 Å². The van der Waals surface area contributed by atoms with E-state index in [2.05, 4.69) is 10.4 Å². The summed E-state index contributed by atoms with van der Waals surface area (Å²) in [6.07, 6.45) is 0. The molecule has 7 heteroatoms. The number of nitrogens with zero attached hydrogens (tertiary/aromatic N) is 2. The molecule has 3 aromatic rings. The van der Waals surface area contributed by atoms with Crippen LogP contribution in [-0.4, -0.2) is 15.7 Å². The molecule has 0 fully saturated rings. The van der Waals surface area contributed by atoms with Crippen molar-refractivity contribution in [1.29, 1.82) is 0 Å². The van der Waals surface area contributed by atoms with Crippen LogP contribution in [0.25, 0.3) is 10.8 Å². The highest BCUT2D eigenvalue weighted by Crippen LogP contribution is 2.25. The second-order valence-corrected chi connectivity index (χ2v) is 6.51. The number of hydrogen-bond donors (Lipinski definition) is 1. The molecule has 0 spiro atoms. The molecule has 2 aromatic carbocycles. The lowest BCUT2D eigenvalue weighted by Crippen LogP contribution is -2.31. The van der Waals surface area contributed by atoms with E-state index in [4.69, 9.17) is 23.2 Å².